The molecule has 11 aromatic rings. The quantitative estimate of drug-likeness (QED) is 0.151. The van der Waals surface area contributed by atoms with Gasteiger partial charge >= 0.3 is 0 Å². The molecule has 0 atom stereocenters. The molecule has 9 aromatic carbocycles. The number of hydrogen-bond donors (Lipinski definition) is 0. The summed E-state index contributed by atoms with van der Waals surface area (Å²) < 4.78 is 6.39. The van der Waals surface area contributed by atoms with Gasteiger partial charge in [0, 0.05) is 27.5 Å². The highest BCUT2D eigenvalue weighted by atomic mass is 28.3. The predicted octanol–water partition coefficient (Wildman–Crippen LogP) is 11.5. The molecule has 0 amide bonds. The molecule has 4 nitrogen and oxygen atoms in total. The zero-order chi connectivity index (χ0) is 41.0. The van der Waals surface area contributed by atoms with Crippen LogP contribution in [0.1, 0.15) is 0 Å². The zero-order valence-electron chi connectivity index (χ0n) is 33.6. The van der Waals surface area contributed by atoms with E-state index in [9.17, 15) is 0 Å². The molecule has 12 rings (SSSR count). The number of furan rings is 1. The first-order valence-corrected chi connectivity index (χ1v) is 23.0. The number of nitrogens with zero attached hydrogens (tertiary/aromatic N) is 3. The van der Waals surface area contributed by atoms with Crippen molar-refractivity contribution in [1.29, 1.82) is 0 Å². The predicted molar refractivity (Wildman–Crippen MR) is 257 cm³/mol. The van der Waals surface area contributed by atoms with E-state index in [0.29, 0.717) is 17.5 Å². The Morgan fingerprint density at radius 2 is 0.774 bits per heavy atom. The SMILES string of the molecule is c1ccc(-c2ccc3oc4ccc(-c5nc(-c6ccccc6)nc(-c6cc7c(cc6-c6ccccc6)[Si](c6ccccc6)(c6ccccc6)c6ccccc6-7)n5)cc4c3c2)cc1. The summed E-state index contributed by atoms with van der Waals surface area (Å²) in [4.78, 5) is 16.0. The summed E-state index contributed by atoms with van der Waals surface area (Å²) in [6, 6.07) is 80.2. The Bertz CT molecular complexity index is 3410. The smallest absolute Gasteiger partial charge is 0.180 e. The molecule has 5 heteroatoms. The molecule has 0 bridgehead atoms. The van der Waals surface area contributed by atoms with E-state index < -0.39 is 8.07 Å². The van der Waals surface area contributed by atoms with Gasteiger partial charge in [-0.15, -0.1) is 0 Å². The van der Waals surface area contributed by atoms with Crippen molar-refractivity contribution in [3.8, 4) is 67.5 Å². The Morgan fingerprint density at radius 1 is 0.290 bits per heavy atom. The highest BCUT2D eigenvalue weighted by Crippen LogP contribution is 2.40. The molecule has 0 spiro atoms. The van der Waals surface area contributed by atoms with Gasteiger partial charge < -0.3 is 4.42 Å². The van der Waals surface area contributed by atoms with E-state index in [-0.39, 0.29) is 0 Å². The van der Waals surface area contributed by atoms with Crippen molar-refractivity contribution < 1.29 is 4.42 Å². The number of fused-ring (bicyclic) bond motifs is 6. The van der Waals surface area contributed by atoms with Crippen molar-refractivity contribution in [2.45, 2.75) is 0 Å². The van der Waals surface area contributed by atoms with E-state index in [2.05, 4.69) is 194 Å². The highest BCUT2D eigenvalue weighted by Gasteiger charge is 2.49. The van der Waals surface area contributed by atoms with Gasteiger partial charge in [0.05, 0.1) is 0 Å². The second kappa shape index (κ2) is 14.6. The second-order valence-electron chi connectivity index (χ2n) is 15.9. The second-order valence-corrected chi connectivity index (χ2v) is 19.6. The van der Waals surface area contributed by atoms with Crippen LogP contribution in [0.2, 0.25) is 0 Å². The molecule has 0 fully saturated rings. The van der Waals surface area contributed by atoms with Crippen LogP contribution in [0.3, 0.4) is 0 Å². The van der Waals surface area contributed by atoms with Gasteiger partial charge in [-0.2, -0.15) is 0 Å². The Balaban J connectivity index is 1.12. The number of rotatable bonds is 7. The third-order valence-corrected chi connectivity index (χ3v) is 17.3. The first kappa shape index (κ1) is 35.9. The van der Waals surface area contributed by atoms with Crippen LogP contribution in [0, 0.1) is 0 Å². The van der Waals surface area contributed by atoms with E-state index in [0.717, 1.165) is 60.9 Å². The topological polar surface area (TPSA) is 51.8 Å². The average Bonchev–Trinajstić information content (AvgIpc) is 3.87. The van der Waals surface area contributed by atoms with Crippen molar-refractivity contribution in [3.63, 3.8) is 0 Å². The van der Waals surface area contributed by atoms with E-state index in [1.165, 1.54) is 31.9 Å². The summed E-state index contributed by atoms with van der Waals surface area (Å²) in [5, 5.41) is 7.53. The summed E-state index contributed by atoms with van der Waals surface area (Å²) >= 11 is 0. The standard InChI is InChI=1S/C57H37N3OSi/c1-6-18-38(19-7-1)41-30-32-51-47(34-41)48-35-42(31-33-52(48)61-51)56-58-55(40-22-10-3-11-23-40)59-57(60-56)50-36-49-45-28-16-17-29-53(45)62(43-24-12-4-13-25-43,44-26-14-5-15-27-44)54(49)37-46(50)39-20-8-2-9-21-39/h1-37H. The molecule has 0 unspecified atom stereocenters. The van der Waals surface area contributed by atoms with Crippen LogP contribution in [0.4, 0.5) is 0 Å². The molecule has 0 aliphatic carbocycles. The van der Waals surface area contributed by atoms with Gasteiger partial charge in [0.25, 0.3) is 0 Å². The third-order valence-electron chi connectivity index (χ3n) is 12.4. The van der Waals surface area contributed by atoms with Crippen molar-refractivity contribution in [2.24, 2.45) is 0 Å². The van der Waals surface area contributed by atoms with Crippen LogP contribution in [-0.4, -0.2) is 23.0 Å². The molecule has 0 radical (unpaired) electrons. The lowest BCUT2D eigenvalue weighted by Gasteiger charge is -2.31. The molecule has 2 aromatic heterocycles. The summed E-state index contributed by atoms with van der Waals surface area (Å²) in [7, 11) is -2.77. The van der Waals surface area contributed by atoms with E-state index >= 15 is 0 Å². The fourth-order valence-corrected chi connectivity index (χ4v) is 14.8. The Kier molecular flexibility index (Phi) is 8.47. The van der Waals surface area contributed by atoms with Crippen LogP contribution in [0.25, 0.3) is 89.5 Å². The Labute approximate surface area is 360 Å². The van der Waals surface area contributed by atoms with Gasteiger partial charge in [0.1, 0.15) is 11.2 Å². The van der Waals surface area contributed by atoms with E-state index in [1.54, 1.807) is 0 Å². The first-order valence-electron chi connectivity index (χ1n) is 21.0. The van der Waals surface area contributed by atoms with E-state index in [1.807, 2.05) is 30.3 Å². The molecular weight excluding hydrogens is 771 g/mol. The van der Waals surface area contributed by atoms with Crippen molar-refractivity contribution in [2.75, 3.05) is 0 Å². The van der Waals surface area contributed by atoms with Gasteiger partial charge in [-0.3, -0.25) is 0 Å². The molecule has 0 saturated heterocycles. The summed E-state index contributed by atoms with van der Waals surface area (Å²) in [5.41, 5.74) is 11.4. The maximum atomic E-state index is 6.39. The monoisotopic (exact) mass is 807 g/mol. The fourth-order valence-electron chi connectivity index (χ4n) is 9.60. The highest BCUT2D eigenvalue weighted by molar-refractivity contribution is 7.22. The van der Waals surface area contributed by atoms with Gasteiger partial charge in [0.15, 0.2) is 25.5 Å². The Morgan fingerprint density at radius 3 is 1.40 bits per heavy atom. The minimum absolute atomic E-state index is 0.599. The summed E-state index contributed by atoms with van der Waals surface area (Å²) in [6.07, 6.45) is 0. The number of benzene rings is 9. The van der Waals surface area contributed by atoms with Gasteiger partial charge in [-0.25, -0.2) is 15.0 Å². The zero-order valence-corrected chi connectivity index (χ0v) is 34.6. The van der Waals surface area contributed by atoms with Crippen molar-refractivity contribution >= 4 is 50.8 Å². The van der Waals surface area contributed by atoms with Crippen LogP contribution in [0.15, 0.2) is 229 Å². The summed E-state index contributed by atoms with van der Waals surface area (Å²) in [6.45, 7) is 0. The molecule has 0 N–H and O–H groups in total. The van der Waals surface area contributed by atoms with Gasteiger partial charge in [-0.1, -0.05) is 188 Å². The molecule has 0 saturated carbocycles. The Hall–Kier alpha value is -7.99. The minimum Gasteiger partial charge on any atom is -0.456 e. The molecular formula is C57H37N3OSi. The van der Waals surface area contributed by atoms with Gasteiger partial charge in [0.2, 0.25) is 0 Å². The maximum absolute atomic E-state index is 6.39. The van der Waals surface area contributed by atoms with Crippen LogP contribution in [0.5, 0.6) is 0 Å². The molecule has 1 aliphatic heterocycles. The molecule has 62 heavy (non-hydrogen) atoms. The lowest BCUT2D eigenvalue weighted by Crippen LogP contribution is -2.72. The van der Waals surface area contributed by atoms with Gasteiger partial charge in [-0.05, 0) is 90.5 Å². The lowest BCUT2D eigenvalue weighted by molar-refractivity contribution is 0.669. The van der Waals surface area contributed by atoms with Crippen molar-refractivity contribution in [1.82, 2.24) is 15.0 Å². The van der Waals surface area contributed by atoms with Crippen molar-refractivity contribution in [3.05, 3.63) is 224 Å². The fraction of sp³-hybridized carbons (Fsp3) is 0. The minimum atomic E-state index is -2.77. The number of hydrogen-bond acceptors (Lipinski definition) is 4. The summed E-state index contributed by atoms with van der Waals surface area (Å²) in [5.74, 6) is 1.84. The van der Waals surface area contributed by atoms with Crippen LogP contribution < -0.4 is 20.7 Å². The molecule has 3 heterocycles. The van der Waals surface area contributed by atoms with Crippen LogP contribution >= 0.6 is 0 Å². The number of aromatic nitrogens is 3. The molecule has 1 aliphatic rings. The third kappa shape index (κ3) is 5.78. The first-order chi connectivity index (χ1) is 30.7. The average molecular weight is 808 g/mol. The lowest BCUT2D eigenvalue weighted by atomic mass is 9.94. The largest absolute Gasteiger partial charge is 0.456 e. The molecule has 290 valence electrons. The van der Waals surface area contributed by atoms with E-state index in [4.69, 9.17) is 19.4 Å². The van der Waals surface area contributed by atoms with Crippen LogP contribution in [-0.2, 0) is 0 Å². The normalized spacial score (nSPS) is 12.6. The maximum Gasteiger partial charge on any atom is 0.180 e.